The minimum atomic E-state index is -1.32. The van der Waals surface area contributed by atoms with Gasteiger partial charge >= 0.3 is 5.97 Å². The Morgan fingerprint density at radius 1 is 1.11 bits per heavy atom. The number of ketones is 1. The van der Waals surface area contributed by atoms with Crippen molar-refractivity contribution in [2.75, 3.05) is 6.61 Å². The topological polar surface area (TPSA) is 43.4 Å². The third kappa shape index (κ3) is 3.87. The molecule has 0 heterocycles. The number of Topliss-reactive ketones (excluding diaryl/α,β-unsaturated/α-hetero) is 1. The van der Waals surface area contributed by atoms with Gasteiger partial charge in [-0.25, -0.2) is 13.2 Å². The van der Waals surface area contributed by atoms with Gasteiger partial charge in [0.15, 0.2) is 11.6 Å². The SMILES string of the molecule is CCOC(=O)CC(=O)Cc1cc(F)c(F)cc1F. The van der Waals surface area contributed by atoms with Gasteiger partial charge in [0, 0.05) is 12.5 Å². The van der Waals surface area contributed by atoms with Gasteiger partial charge in [0.1, 0.15) is 18.0 Å². The van der Waals surface area contributed by atoms with Gasteiger partial charge in [0.25, 0.3) is 0 Å². The molecule has 0 aliphatic carbocycles. The highest BCUT2D eigenvalue weighted by Gasteiger charge is 2.15. The lowest BCUT2D eigenvalue weighted by Gasteiger charge is -2.04. The zero-order valence-corrected chi connectivity index (χ0v) is 9.63. The average Bonchev–Trinajstić information content (AvgIpc) is 2.26. The van der Waals surface area contributed by atoms with Crippen LogP contribution in [0.2, 0.25) is 0 Å². The summed E-state index contributed by atoms with van der Waals surface area (Å²) < 4.78 is 43.2. The first kappa shape index (κ1) is 14.2. The molecule has 1 rings (SSSR count). The van der Waals surface area contributed by atoms with Crippen LogP contribution in [0, 0.1) is 17.5 Å². The van der Waals surface area contributed by atoms with Crippen LogP contribution in [0.15, 0.2) is 12.1 Å². The third-order valence-electron chi connectivity index (χ3n) is 2.12. The van der Waals surface area contributed by atoms with E-state index in [4.69, 9.17) is 0 Å². The number of benzene rings is 1. The molecule has 0 radical (unpaired) electrons. The van der Waals surface area contributed by atoms with Crippen LogP contribution in [0.4, 0.5) is 13.2 Å². The van der Waals surface area contributed by atoms with E-state index in [2.05, 4.69) is 4.74 Å². The summed E-state index contributed by atoms with van der Waals surface area (Å²) in [5.74, 6) is -4.95. The van der Waals surface area contributed by atoms with Crippen LogP contribution < -0.4 is 0 Å². The maximum absolute atomic E-state index is 13.2. The van der Waals surface area contributed by atoms with Crippen molar-refractivity contribution in [1.29, 1.82) is 0 Å². The lowest BCUT2D eigenvalue weighted by atomic mass is 10.1. The highest BCUT2D eigenvalue weighted by molar-refractivity contribution is 5.96. The summed E-state index contributed by atoms with van der Waals surface area (Å²) in [7, 11) is 0. The molecule has 0 aromatic heterocycles. The molecule has 0 saturated heterocycles. The van der Waals surface area contributed by atoms with E-state index in [1.807, 2.05) is 0 Å². The van der Waals surface area contributed by atoms with Crippen molar-refractivity contribution >= 4 is 11.8 Å². The third-order valence-corrected chi connectivity index (χ3v) is 2.12. The summed E-state index contributed by atoms with van der Waals surface area (Å²) in [4.78, 5) is 22.3. The van der Waals surface area contributed by atoms with E-state index in [1.54, 1.807) is 6.92 Å². The normalized spacial score (nSPS) is 10.2. The van der Waals surface area contributed by atoms with Crippen LogP contribution in [-0.4, -0.2) is 18.4 Å². The molecule has 0 N–H and O–H groups in total. The lowest BCUT2D eigenvalue weighted by molar-refractivity contribution is -0.145. The van der Waals surface area contributed by atoms with Crippen molar-refractivity contribution in [1.82, 2.24) is 0 Å². The number of carbonyl (C=O) groups excluding carboxylic acids is 2. The minimum Gasteiger partial charge on any atom is -0.466 e. The maximum atomic E-state index is 13.2. The highest BCUT2D eigenvalue weighted by Crippen LogP contribution is 2.15. The highest BCUT2D eigenvalue weighted by atomic mass is 19.2. The number of halogens is 3. The second-order valence-electron chi connectivity index (χ2n) is 3.55. The Hall–Kier alpha value is -1.85. The Labute approximate surface area is 102 Å². The summed E-state index contributed by atoms with van der Waals surface area (Å²) in [6.45, 7) is 1.71. The quantitative estimate of drug-likeness (QED) is 0.463. The standard InChI is InChI=1S/C12H11F3O3/c1-2-18-12(17)5-8(16)3-7-4-10(14)11(15)6-9(7)13/h4,6H,2-3,5H2,1H3. The molecule has 0 aliphatic heterocycles. The number of rotatable bonds is 5. The average molecular weight is 260 g/mol. The summed E-state index contributed by atoms with van der Waals surface area (Å²) in [5.41, 5.74) is -0.289. The van der Waals surface area contributed by atoms with Crippen LogP contribution in [0.25, 0.3) is 0 Å². The molecule has 18 heavy (non-hydrogen) atoms. The summed E-state index contributed by atoms with van der Waals surface area (Å²) in [6, 6.07) is 0.968. The smallest absolute Gasteiger partial charge is 0.313 e. The second kappa shape index (κ2) is 6.18. The lowest BCUT2D eigenvalue weighted by Crippen LogP contribution is -2.14. The van der Waals surface area contributed by atoms with Crippen LogP contribution >= 0.6 is 0 Å². The fraction of sp³-hybridized carbons (Fsp3) is 0.333. The molecule has 0 aliphatic rings. The fourth-order valence-corrected chi connectivity index (χ4v) is 1.35. The molecule has 3 nitrogen and oxygen atoms in total. The van der Waals surface area contributed by atoms with Crippen LogP contribution in [0.1, 0.15) is 18.9 Å². The van der Waals surface area contributed by atoms with E-state index < -0.39 is 42.0 Å². The largest absolute Gasteiger partial charge is 0.466 e. The first-order chi connectivity index (χ1) is 8.43. The molecule has 0 unspecified atom stereocenters. The molecular formula is C12H11F3O3. The Morgan fingerprint density at radius 3 is 2.33 bits per heavy atom. The Balaban J connectivity index is 2.70. The Kier molecular flexibility index (Phi) is 4.88. The van der Waals surface area contributed by atoms with Gasteiger partial charge in [-0.15, -0.1) is 0 Å². The van der Waals surface area contributed by atoms with Gasteiger partial charge in [0.05, 0.1) is 6.61 Å². The molecule has 1 aromatic rings. The van der Waals surface area contributed by atoms with Gasteiger partial charge in [0.2, 0.25) is 0 Å². The van der Waals surface area contributed by atoms with E-state index in [0.29, 0.717) is 12.1 Å². The predicted molar refractivity (Wildman–Crippen MR) is 56.3 cm³/mol. The van der Waals surface area contributed by atoms with Crippen molar-refractivity contribution < 1.29 is 27.5 Å². The predicted octanol–water partition coefficient (Wildman–Crippen LogP) is 2.17. The van der Waals surface area contributed by atoms with Gasteiger partial charge in [-0.2, -0.15) is 0 Å². The van der Waals surface area contributed by atoms with Gasteiger partial charge in [-0.3, -0.25) is 9.59 Å². The molecule has 0 atom stereocenters. The number of carbonyl (C=O) groups is 2. The molecule has 0 amide bonds. The number of hydrogen-bond donors (Lipinski definition) is 0. The Morgan fingerprint density at radius 2 is 1.72 bits per heavy atom. The zero-order chi connectivity index (χ0) is 13.7. The first-order valence-corrected chi connectivity index (χ1v) is 5.24. The van der Waals surface area contributed by atoms with Crippen molar-refractivity contribution in [3.8, 4) is 0 Å². The van der Waals surface area contributed by atoms with Crippen molar-refractivity contribution in [3.05, 3.63) is 35.1 Å². The number of hydrogen-bond acceptors (Lipinski definition) is 3. The molecule has 0 spiro atoms. The number of ether oxygens (including phenoxy) is 1. The zero-order valence-electron chi connectivity index (χ0n) is 9.63. The van der Waals surface area contributed by atoms with E-state index in [-0.39, 0.29) is 12.2 Å². The van der Waals surface area contributed by atoms with E-state index in [1.165, 1.54) is 0 Å². The summed E-state index contributed by atoms with van der Waals surface area (Å²) >= 11 is 0. The van der Waals surface area contributed by atoms with Gasteiger partial charge in [-0.1, -0.05) is 0 Å². The fourth-order valence-electron chi connectivity index (χ4n) is 1.35. The molecule has 1 aromatic carbocycles. The molecule has 98 valence electrons. The van der Waals surface area contributed by atoms with Crippen molar-refractivity contribution in [3.63, 3.8) is 0 Å². The van der Waals surface area contributed by atoms with Crippen molar-refractivity contribution in [2.45, 2.75) is 19.8 Å². The van der Waals surface area contributed by atoms with E-state index >= 15 is 0 Å². The van der Waals surface area contributed by atoms with E-state index in [9.17, 15) is 22.8 Å². The second-order valence-corrected chi connectivity index (χ2v) is 3.55. The van der Waals surface area contributed by atoms with Gasteiger partial charge < -0.3 is 4.74 Å². The first-order valence-electron chi connectivity index (χ1n) is 5.24. The molecule has 0 bridgehead atoms. The molecule has 0 fully saturated rings. The molecule has 0 saturated carbocycles. The summed E-state index contributed by atoms with van der Waals surface area (Å²) in [5, 5.41) is 0. The number of esters is 1. The minimum absolute atomic E-state index is 0.131. The monoisotopic (exact) mass is 260 g/mol. The van der Waals surface area contributed by atoms with Gasteiger partial charge in [-0.05, 0) is 18.6 Å². The van der Waals surface area contributed by atoms with Crippen LogP contribution in [0.3, 0.4) is 0 Å². The molecule has 6 heteroatoms. The summed E-state index contributed by atoms with van der Waals surface area (Å²) in [6.07, 6.45) is -1.01. The molecular weight excluding hydrogens is 249 g/mol. The van der Waals surface area contributed by atoms with Crippen molar-refractivity contribution in [2.24, 2.45) is 0 Å². The van der Waals surface area contributed by atoms with E-state index in [0.717, 1.165) is 0 Å². The van der Waals surface area contributed by atoms with Crippen LogP contribution in [0.5, 0.6) is 0 Å². The van der Waals surface area contributed by atoms with Crippen LogP contribution in [-0.2, 0) is 20.7 Å². The maximum Gasteiger partial charge on any atom is 0.313 e. The Bertz CT molecular complexity index is 472.